The SMILES string of the molecule is c1ccc(-n2c3ccccc3c3cc(-c4ccc5c(c4)c4c6sc7ccccc7c6ccc4n5-c4ccc(-c5cccc6c5oc5ccccc56)cc4)ccc32)cc1. The number of aromatic nitrogens is 2. The minimum absolute atomic E-state index is 0.914. The van der Waals surface area contributed by atoms with Crippen LogP contribution in [-0.2, 0) is 0 Å². The van der Waals surface area contributed by atoms with E-state index in [1.54, 1.807) is 0 Å². The molecule has 0 saturated heterocycles. The molecule has 58 heavy (non-hydrogen) atoms. The predicted molar refractivity (Wildman–Crippen MR) is 246 cm³/mol. The van der Waals surface area contributed by atoms with Gasteiger partial charge in [0.1, 0.15) is 11.2 Å². The Morgan fingerprint density at radius 3 is 1.81 bits per heavy atom. The predicted octanol–water partition coefficient (Wildman–Crippen LogP) is 15.5. The first-order valence-corrected chi connectivity index (χ1v) is 20.6. The van der Waals surface area contributed by atoms with E-state index in [-0.39, 0.29) is 0 Å². The molecule has 0 aliphatic heterocycles. The van der Waals surface area contributed by atoms with Gasteiger partial charge in [0.2, 0.25) is 0 Å². The molecule has 4 heterocycles. The minimum Gasteiger partial charge on any atom is -0.455 e. The lowest BCUT2D eigenvalue weighted by Gasteiger charge is -2.10. The lowest BCUT2D eigenvalue weighted by atomic mass is 10.00. The summed E-state index contributed by atoms with van der Waals surface area (Å²) in [7, 11) is 0. The van der Waals surface area contributed by atoms with Gasteiger partial charge in [-0.1, -0.05) is 121 Å². The van der Waals surface area contributed by atoms with Gasteiger partial charge in [0.15, 0.2) is 0 Å². The second kappa shape index (κ2) is 12.1. The molecule has 0 bridgehead atoms. The number of rotatable bonds is 4. The number of hydrogen-bond acceptors (Lipinski definition) is 2. The van der Waals surface area contributed by atoms with Crippen molar-refractivity contribution < 1.29 is 4.42 Å². The Morgan fingerprint density at radius 1 is 0.362 bits per heavy atom. The van der Waals surface area contributed by atoms with Crippen LogP contribution < -0.4 is 0 Å². The summed E-state index contributed by atoms with van der Waals surface area (Å²) in [5.74, 6) is 0. The first-order valence-electron chi connectivity index (χ1n) is 19.8. The molecule has 13 rings (SSSR count). The normalized spacial score (nSPS) is 12.1. The maximum Gasteiger partial charge on any atom is 0.143 e. The molecular weight excluding hydrogens is 725 g/mol. The fourth-order valence-corrected chi connectivity index (χ4v) is 10.8. The zero-order chi connectivity index (χ0) is 37.9. The van der Waals surface area contributed by atoms with Crippen LogP contribution >= 0.6 is 11.3 Å². The zero-order valence-electron chi connectivity index (χ0n) is 31.2. The highest BCUT2D eigenvalue weighted by Gasteiger charge is 2.20. The van der Waals surface area contributed by atoms with E-state index in [4.69, 9.17) is 4.42 Å². The third kappa shape index (κ3) is 4.49. The standard InChI is InChI=1S/C54H32N2OS/c1-2-11-36(12-3-1)55-46-18-7-4-13-39(46)44-31-34(23-28-47(44)55)35-24-29-48-45(32-35)52-49(30-27-43-41-15-6-9-20-51(41)58-54(43)52)56(48)37-25-21-33(22-26-37)38-16-10-17-42-40-14-5-8-19-50(40)57-53(38)42/h1-32H. The van der Waals surface area contributed by atoms with Crippen LogP contribution in [-0.4, -0.2) is 9.13 Å². The largest absolute Gasteiger partial charge is 0.455 e. The smallest absolute Gasteiger partial charge is 0.143 e. The summed E-state index contributed by atoms with van der Waals surface area (Å²) in [6, 6.07) is 70.6. The van der Waals surface area contributed by atoms with E-state index in [1.165, 1.54) is 80.6 Å². The Labute approximate surface area is 336 Å². The summed E-state index contributed by atoms with van der Waals surface area (Å²) in [5, 5.41) is 9.97. The monoisotopic (exact) mass is 756 g/mol. The van der Waals surface area contributed by atoms with E-state index in [1.807, 2.05) is 23.5 Å². The molecule has 0 radical (unpaired) electrons. The maximum absolute atomic E-state index is 6.43. The molecule has 4 aromatic heterocycles. The second-order valence-corrected chi connectivity index (χ2v) is 16.3. The fourth-order valence-electron chi connectivity index (χ4n) is 9.52. The topological polar surface area (TPSA) is 23.0 Å². The number of hydrogen-bond donors (Lipinski definition) is 0. The second-order valence-electron chi connectivity index (χ2n) is 15.2. The summed E-state index contributed by atoms with van der Waals surface area (Å²) in [4.78, 5) is 0. The molecule has 0 aliphatic carbocycles. The molecule has 0 spiro atoms. The molecule has 0 fully saturated rings. The van der Waals surface area contributed by atoms with Crippen molar-refractivity contribution in [2.45, 2.75) is 0 Å². The summed E-state index contributed by atoms with van der Waals surface area (Å²) in [6.45, 7) is 0. The summed E-state index contributed by atoms with van der Waals surface area (Å²) in [5.41, 5.74) is 13.6. The van der Waals surface area contributed by atoms with Crippen molar-refractivity contribution in [1.29, 1.82) is 0 Å². The Bertz CT molecular complexity index is 3790. The third-order valence-electron chi connectivity index (χ3n) is 12.1. The van der Waals surface area contributed by atoms with Gasteiger partial charge in [-0.3, -0.25) is 0 Å². The Kier molecular flexibility index (Phi) is 6.60. The Hall–Kier alpha value is -7.40. The van der Waals surface area contributed by atoms with Crippen molar-refractivity contribution in [3.05, 3.63) is 194 Å². The van der Waals surface area contributed by atoms with Crippen molar-refractivity contribution in [3.8, 4) is 33.6 Å². The van der Waals surface area contributed by atoms with Crippen LogP contribution in [0.4, 0.5) is 0 Å². The van der Waals surface area contributed by atoms with Crippen molar-refractivity contribution in [2.24, 2.45) is 0 Å². The molecule has 0 amide bonds. The van der Waals surface area contributed by atoms with E-state index in [0.717, 1.165) is 38.8 Å². The average Bonchev–Trinajstić information content (AvgIpc) is 4.04. The van der Waals surface area contributed by atoms with E-state index >= 15 is 0 Å². The van der Waals surface area contributed by atoms with Crippen LogP contribution in [0, 0.1) is 0 Å². The van der Waals surface area contributed by atoms with Crippen LogP contribution in [0.15, 0.2) is 199 Å². The van der Waals surface area contributed by atoms with Gasteiger partial charge in [-0.2, -0.15) is 0 Å². The minimum atomic E-state index is 0.914. The molecule has 0 N–H and O–H groups in total. The molecule has 0 aliphatic rings. The van der Waals surface area contributed by atoms with Gasteiger partial charge in [-0.25, -0.2) is 0 Å². The first-order chi connectivity index (χ1) is 28.8. The van der Waals surface area contributed by atoms with E-state index < -0.39 is 0 Å². The van der Waals surface area contributed by atoms with Gasteiger partial charge in [0.05, 0.1) is 22.1 Å². The van der Waals surface area contributed by atoms with Gasteiger partial charge in [0, 0.05) is 69.4 Å². The third-order valence-corrected chi connectivity index (χ3v) is 13.3. The number of thiophene rings is 1. The molecule has 13 aromatic rings. The summed E-state index contributed by atoms with van der Waals surface area (Å²) >= 11 is 1.90. The number of nitrogens with zero attached hydrogens (tertiary/aromatic N) is 2. The quantitative estimate of drug-likeness (QED) is 0.175. The van der Waals surface area contributed by atoms with Crippen LogP contribution in [0.5, 0.6) is 0 Å². The van der Waals surface area contributed by atoms with Crippen LogP contribution in [0.3, 0.4) is 0 Å². The van der Waals surface area contributed by atoms with Crippen molar-refractivity contribution >= 4 is 97.1 Å². The molecule has 0 saturated carbocycles. The Morgan fingerprint density at radius 2 is 0.966 bits per heavy atom. The Balaban J connectivity index is 1.01. The number of para-hydroxylation sites is 4. The summed E-state index contributed by atoms with van der Waals surface area (Å²) < 4.78 is 13.9. The van der Waals surface area contributed by atoms with Gasteiger partial charge in [0.25, 0.3) is 0 Å². The number of benzene rings is 9. The molecular formula is C54H32N2OS. The highest BCUT2D eigenvalue weighted by molar-refractivity contribution is 7.26. The fraction of sp³-hybridized carbons (Fsp3) is 0. The lowest BCUT2D eigenvalue weighted by molar-refractivity contribution is 0.670. The van der Waals surface area contributed by atoms with Gasteiger partial charge in [-0.15, -0.1) is 11.3 Å². The zero-order valence-corrected chi connectivity index (χ0v) is 32.0. The first kappa shape index (κ1) is 31.8. The molecule has 0 unspecified atom stereocenters. The molecule has 9 aromatic carbocycles. The van der Waals surface area contributed by atoms with Crippen LogP contribution in [0.2, 0.25) is 0 Å². The highest BCUT2D eigenvalue weighted by Crippen LogP contribution is 2.45. The van der Waals surface area contributed by atoms with Crippen LogP contribution in [0.25, 0.3) is 119 Å². The molecule has 3 nitrogen and oxygen atoms in total. The molecule has 0 atom stereocenters. The van der Waals surface area contributed by atoms with E-state index in [0.29, 0.717) is 0 Å². The van der Waals surface area contributed by atoms with Crippen molar-refractivity contribution in [2.75, 3.05) is 0 Å². The van der Waals surface area contributed by atoms with Crippen molar-refractivity contribution in [3.63, 3.8) is 0 Å². The molecule has 4 heteroatoms. The van der Waals surface area contributed by atoms with Gasteiger partial charge in [-0.05, 0) is 89.5 Å². The van der Waals surface area contributed by atoms with Gasteiger partial charge < -0.3 is 13.6 Å². The van der Waals surface area contributed by atoms with Gasteiger partial charge >= 0.3 is 0 Å². The average molecular weight is 757 g/mol. The van der Waals surface area contributed by atoms with Crippen molar-refractivity contribution in [1.82, 2.24) is 9.13 Å². The lowest BCUT2D eigenvalue weighted by Crippen LogP contribution is -1.94. The number of fused-ring (bicyclic) bond motifs is 13. The summed E-state index contributed by atoms with van der Waals surface area (Å²) in [6.07, 6.45) is 0. The van der Waals surface area contributed by atoms with E-state index in [2.05, 4.69) is 191 Å². The highest BCUT2D eigenvalue weighted by atomic mass is 32.1. The molecule has 270 valence electrons. The van der Waals surface area contributed by atoms with Crippen LogP contribution in [0.1, 0.15) is 0 Å². The van der Waals surface area contributed by atoms with E-state index in [9.17, 15) is 0 Å². The maximum atomic E-state index is 6.43. The number of furan rings is 1.